The van der Waals surface area contributed by atoms with Crippen molar-refractivity contribution in [1.82, 2.24) is 33.9 Å². The normalized spacial score (nSPS) is 17.2. The van der Waals surface area contributed by atoms with Gasteiger partial charge in [-0.2, -0.15) is 0 Å². The van der Waals surface area contributed by atoms with E-state index in [1.807, 2.05) is 33.7 Å². The molecule has 4 heterocycles. The maximum absolute atomic E-state index is 11.0. The number of hydrogen-bond donors (Lipinski definition) is 1. The highest BCUT2D eigenvalue weighted by Gasteiger charge is 2.34. The molecule has 5 aromatic rings. The van der Waals surface area contributed by atoms with Crippen LogP contribution in [0.4, 0.5) is 0 Å². The Labute approximate surface area is 215 Å². The lowest BCUT2D eigenvalue weighted by molar-refractivity contribution is 0.0565. The van der Waals surface area contributed by atoms with Crippen LogP contribution in [0.5, 0.6) is 0 Å². The molecule has 1 aliphatic heterocycles. The second-order valence-electron chi connectivity index (χ2n) is 9.92. The van der Waals surface area contributed by atoms with Crippen molar-refractivity contribution >= 4 is 11.2 Å². The first-order chi connectivity index (χ1) is 18.3. The molecule has 7 rings (SSSR count). The van der Waals surface area contributed by atoms with Crippen LogP contribution in [-0.2, 0) is 6.54 Å². The number of piperazine rings is 1. The molecule has 1 aliphatic carbocycles. The van der Waals surface area contributed by atoms with E-state index in [9.17, 15) is 5.11 Å². The zero-order chi connectivity index (χ0) is 24.8. The standard InChI is InChI=1S/C29H29N7O/c37-21(18-36-20-32-26-28(30-19-31-29(26)36)35-11-5-6-12-35)17-33-13-15-34(16-14-33)27-24-9-3-1-7-22(24)23-8-2-4-10-25(23)27/h1-12,19-21,27,37H,13-18H2. The molecule has 0 saturated carbocycles. The number of imidazole rings is 1. The Morgan fingerprint density at radius 2 is 1.46 bits per heavy atom. The van der Waals surface area contributed by atoms with Crippen molar-refractivity contribution in [2.45, 2.75) is 18.7 Å². The van der Waals surface area contributed by atoms with Gasteiger partial charge in [-0.05, 0) is 34.4 Å². The summed E-state index contributed by atoms with van der Waals surface area (Å²) in [4.78, 5) is 18.4. The molecule has 186 valence electrons. The van der Waals surface area contributed by atoms with Crippen LogP contribution in [0.3, 0.4) is 0 Å². The molecule has 8 heteroatoms. The van der Waals surface area contributed by atoms with Crippen LogP contribution in [0.1, 0.15) is 17.2 Å². The second-order valence-corrected chi connectivity index (χ2v) is 9.92. The van der Waals surface area contributed by atoms with Crippen LogP contribution in [0, 0.1) is 0 Å². The minimum absolute atomic E-state index is 0.311. The van der Waals surface area contributed by atoms with Crippen LogP contribution in [0.15, 0.2) is 85.7 Å². The number of aliphatic hydroxyl groups is 1. The molecule has 2 aliphatic rings. The van der Waals surface area contributed by atoms with E-state index in [2.05, 4.69) is 73.3 Å². The van der Waals surface area contributed by atoms with Crippen molar-refractivity contribution in [3.05, 3.63) is 96.8 Å². The quantitative estimate of drug-likeness (QED) is 0.393. The molecule has 0 bridgehead atoms. The fourth-order valence-corrected chi connectivity index (χ4v) is 5.98. The highest BCUT2D eigenvalue weighted by atomic mass is 16.3. The molecule has 37 heavy (non-hydrogen) atoms. The number of aromatic nitrogens is 5. The van der Waals surface area contributed by atoms with Crippen molar-refractivity contribution in [2.24, 2.45) is 0 Å². The topological polar surface area (TPSA) is 75.2 Å². The zero-order valence-corrected chi connectivity index (χ0v) is 20.6. The SMILES string of the molecule is OC(CN1CCN(C2c3ccccc3-c3ccccc32)CC1)Cn1cnc2c(-n3cccc3)ncnc21. The molecule has 0 radical (unpaired) electrons. The van der Waals surface area contributed by atoms with E-state index in [1.54, 1.807) is 12.7 Å². The van der Waals surface area contributed by atoms with Crippen molar-refractivity contribution in [3.63, 3.8) is 0 Å². The van der Waals surface area contributed by atoms with Gasteiger partial charge in [0.05, 0.1) is 25.0 Å². The van der Waals surface area contributed by atoms with Crippen LogP contribution in [-0.4, -0.2) is 77.8 Å². The van der Waals surface area contributed by atoms with Crippen LogP contribution in [0.2, 0.25) is 0 Å². The summed E-state index contributed by atoms with van der Waals surface area (Å²) >= 11 is 0. The zero-order valence-electron chi connectivity index (χ0n) is 20.6. The first-order valence-electron chi connectivity index (χ1n) is 12.9. The average molecular weight is 492 g/mol. The van der Waals surface area contributed by atoms with Crippen LogP contribution >= 0.6 is 0 Å². The molecule has 0 spiro atoms. The number of hydrogen-bond acceptors (Lipinski definition) is 6. The smallest absolute Gasteiger partial charge is 0.168 e. The van der Waals surface area contributed by atoms with Gasteiger partial charge < -0.3 is 14.2 Å². The summed E-state index contributed by atoms with van der Waals surface area (Å²) in [6.07, 6.45) is 6.68. The van der Waals surface area contributed by atoms with Crippen molar-refractivity contribution < 1.29 is 5.11 Å². The maximum Gasteiger partial charge on any atom is 0.168 e. The summed E-state index contributed by atoms with van der Waals surface area (Å²) in [6.45, 7) is 4.89. The molecule has 3 aromatic heterocycles. The average Bonchev–Trinajstić information content (AvgIpc) is 3.68. The lowest BCUT2D eigenvalue weighted by Crippen LogP contribution is -2.49. The lowest BCUT2D eigenvalue weighted by Gasteiger charge is -2.39. The van der Waals surface area contributed by atoms with E-state index in [4.69, 9.17) is 0 Å². The Hall–Kier alpha value is -3.85. The molecular weight excluding hydrogens is 462 g/mol. The molecule has 1 N–H and O–H groups in total. The molecule has 0 amide bonds. The van der Waals surface area contributed by atoms with Crippen LogP contribution in [0.25, 0.3) is 28.1 Å². The molecule has 1 unspecified atom stereocenters. The predicted molar refractivity (Wildman–Crippen MR) is 142 cm³/mol. The van der Waals surface area contributed by atoms with Crippen LogP contribution < -0.4 is 0 Å². The van der Waals surface area contributed by atoms with E-state index in [0.717, 1.165) is 43.2 Å². The molecular formula is C29H29N7O. The molecule has 2 aromatic carbocycles. The first kappa shape index (κ1) is 22.4. The van der Waals surface area contributed by atoms with Crippen molar-refractivity contribution in [1.29, 1.82) is 0 Å². The molecule has 8 nitrogen and oxygen atoms in total. The summed E-state index contributed by atoms with van der Waals surface area (Å²) in [5, 5.41) is 11.0. The Bertz CT molecular complexity index is 1490. The van der Waals surface area contributed by atoms with Gasteiger partial charge in [-0.3, -0.25) is 9.80 Å². The Morgan fingerprint density at radius 1 is 0.784 bits per heavy atom. The molecule has 1 saturated heterocycles. The monoisotopic (exact) mass is 491 g/mol. The Kier molecular flexibility index (Phi) is 5.57. The Morgan fingerprint density at radius 3 is 2.16 bits per heavy atom. The van der Waals surface area contributed by atoms with Gasteiger partial charge in [0.15, 0.2) is 17.0 Å². The van der Waals surface area contributed by atoms with E-state index >= 15 is 0 Å². The number of β-amino-alcohol motifs (C(OH)–C–C–N with tert-alkyl or cyclic N) is 1. The number of benzene rings is 2. The summed E-state index contributed by atoms with van der Waals surface area (Å²) < 4.78 is 3.86. The van der Waals surface area contributed by atoms with Gasteiger partial charge in [0, 0.05) is 45.1 Å². The van der Waals surface area contributed by atoms with Gasteiger partial charge in [0.2, 0.25) is 0 Å². The third-order valence-electron chi connectivity index (χ3n) is 7.68. The number of rotatable bonds is 6. The van der Waals surface area contributed by atoms with Gasteiger partial charge >= 0.3 is 0 Å². The molecule has 1 atom stereocenters. The largest absolute Gasteiger partial charge is 0.390 e. The summed E-state index contributed by atoms with van der Waals surface area (Å²) in [6, 6.07) is 21.8. The highest BCUT2D eigenvalue weighted by Crippen LogP contribution is 2.46. The van der Waals surface area contributed by atoms with Gasteiger partial charge in [-0.15, -0.1) is 0 Å². The van der Waals surface area contributed by atoms with Gasteiger partial charge in [0.1, 0.15) is 6.33 Å². The van der Waals surface area contributed by atoms with Crippen molar-refractivity contribution in [3.8, 4) is 16.9 Å². The minimum Gasteiger partial charge on any atom is -0.390 e. The lowest BCUT2D eigenvalue weighted by atomic mass is 10.0. The van der Waals surface area contributed by atoms with E-state index in [-0.39, 0.29) is 0 Å². The van der Waals surface area contributed by atoms with Gasteiger partial charge in [-0.25, -0.2) is 15.0 Å². The van der Waals surface area contributed by atoms with Gasteiger partial charge in [0.25, 0.3) is 0 Å². The second kappa shape index (κ2) is 9.23. The predicted octanol–water partition coefficient (Wildman–Crippen LogP) is 3.37. The maximum atomic E-state index is 11.0. The summed E-state index contributed by atoms with van der Waals surface area (Å²) in [5.74, 6) is 0.745. The number of fused-ring (bicyclic) bond motifs is 4. The molecule has 1 fully saturated rings. The van der Waals surface area contributed by atoms with Crippen molar-refractivity contribution in [2.75, 3.05) is 32.7 Å². The first-order valence-corrected chi connectivity index (χ1v) is 12.9. The fourth-order valence-electron chi connectivity index (χ4n) is 5.98. The Balaban J connectivity index is 1.02. The number of aliphatic hydroxyl groups excluding tert-OH is 1. The van der Waals surface area contributed by atoms with E-state index in [0.29, 0.717) is 19.1 Å². The summed E-state index contributed by atoms with van der Waals surface area (Å²) in [5.41, 5.74) is 7.00. The minimum atomic E-state index is -0.512. The third kappa shape index (κ3) is 3.94. The summed E-state index contributed by atoms with van der Waals surface area (Å²) in [7, 11) is 0. The third-order valence-corrected chi connectivity index (χ3v) is 7.68. The van der Waals surface area contributed by atoms with E-state index < -0.39 is 6.10 Å². The highest BCUT2D eigenvalue weighted by molar-refractivity contribution is 5.79. The number of nitrogens with zero attached hydrogens (tertiary/aromatic N) is 7. The van der Waals surface area contributed by atoms with Gasteiger partial charge in [-0.1, -0.05) is 48.5 Å². The fraction of sp³-hybridized carbons (Fsp3) is 0.276. The van der Waals surface area contributed by atoms with E-state index in [1.165, 1.54) is 22.3 Å².